The SMILES string of the molecule is Nc1nn2cc(Cl)cnc2c1C(=O)Nc1cnccc1N1CCC(N2CC3(COC3)C2)CC1. The number of nitrogens with zero attached hydrogens (tertiary/aromatic N) is 6. The average molecular weight is 469 g/mol. The van der Waals surface area contributed by atoms with Gasteiger partial charge in [-0.2, -0.15) is 0 Å². The van der Waals surface area contributed by atoms with E-state index in [1.54, 1.807) is 18.6 Å². The molecule has 0 atom stereocenters. The van der Waals surface area contributed by atoms with E-state index in [-0.39, 0.29) is 17.3 Å². The lowest BCUT2D eigenvalue weighted by molar-refractivity contribution is -0.199. The number of nitrogens with two attached hydrogens (primary N) is 1. The highest BCUT2D eigenvalue weighted by Gasteiger charge is 2.50. The third-order valence-corrected chi connectivity index (χ3v) is 7.15. The second kappa shape index (κ2) is 7.82. The molecule has 6 heterocycles. The molecule has 1 amide bonds. The second-order valence-corrected chi connectivity index (χ2v) is 9.70. The molecule has 3 aliphatic rings. The standard InChI is InChI=1S/C22H25ClN8O2/c23-14-7-26-20-18(19(24)28-31(20)9-14)21(32)27-16-8-25-4-1-17(16)29-5-2-15(3-6-29)30-10-22(11-30)12-33-13-22/h1,4,7-9,15H,2-3,5-6,10-13H2,(H2,24,28)(H,27,32). The van der Waals surface area contributed by atoms with Crippen LogP contribution >= 0.6 is 11.6 Å². The fraction of sp³-hybridized carbons (Fsp3) is 0.455. The van der Waals surface area contributed by atoms with Crippen LogP contribution in [-0.2, 0) is 4.74 Å². The molecule has 0 aliphatic carbocycles. The number of hydrogen-bond acceptors (Lipinski definition) is 8. The Morgan fingerprint density at radius 2 is 2.03 bits per heavy atom. The molecule has 0 saturated carbocycles. The molecule has 0 radical (unpaired) electrons. The van der Waals surface area contributed by atoms with Crippen molar-refractivity contribution in [1.29, 1.82) is 0 Å². The number of carbonyl (C=O) groups excluding carboxylic acids is 1. The molecule has 1 spiro atoms. The van der Waals surface area contributed by atoms with Gasteiger partial charge in [0.15, 0.2) is 11.5 Å². The summed E-state index contributed by atoms with van der Waals surface area (Å²) in [5.74, 6) is -0.284. The van der Waals surface area contributed by atoms with Gasteiger partial charge in [-0.25, -0.2) is 9.50 Å². The average Bonchev–Trinajstić information content (AvgIpc) is 3.07. The van der Waals surface area contributed by atoms with Gasteiger partial charge in [0, 0.05) is 50.0 Å². The molecule has 6 rings (SSSR count). The fourth-order valence-electron chi connectivity index (χ4n) is 5.21. The number of nitrogen functional groups attached to an aromatic ring is 1. The van der Waals surface area contributed by atoms with Crippen molar-refractivity contribution in [3.8, 4) is 0 Å². The van der Waals surface area contributed by atoms with Crippen LogP contribution in [0.25, 0.3) is 5.65 Å². The third kappa shape index (κ3) is 3.58. The number of amides is 1. The molecule has 33 heavy (non-hydrogen) atoms. The maximum Gasteiger partial charge on any atom is 0.263 e. The largest absolute Gasteiger partial charge is 0.381 e. The van der Waals surface area contributed by atoms with Crippen molar-refractivity contribution in [3.05, 3.63) is 41.4 Å². The molecule has 3 aliphatic heterocycles. The zero-order chi connectivity index (χ0) is 22.6. The predicted molar refractivity (Wildman–Crippen MR) is 125 cm³/mol. The Labute approximate surface area is 195 Å². The van der Waals surface area contributed by atoms with Gasteiger partial charge in [-0.15, -0.1) is 5.10 Å². The molecule has 0 bridgehead atoms. The number of nitrogens with one attached hydrogen (secondary N) is 1. The zero-order valence-corrected chi connectivity index (χ0v) is 18.8. The van der Waals surface area contributed by atoms with Crippen molar-refractivity contribution < 1.29 is 9.53 Å². The van der Waals surface area contributed by atoms with Crippen molar-refractivity contribution in [1.82, 2.24) is 24.5 Å². The number of pyridine rings is 1. The molecule has 0 aromatic carbocycles. The molecule has 11 heteroatoms. The van der Waals surface area contributed by atoms with Gasteiger partial charge in [-0.05, 0) is 18.9 Å². The minimum atomic E-state index is -0.380. The fourth-order valence-corrected chi connectivity index (χ4v) is 5.35. The van der Waals surface area contributed by atoms with E-state index in [1.165, 1.54) is 10.7 Å². The third-order valence-electron chi connectivity index (χ3n) is 6.96. The summed E-state index contributed by atoms with van der Waals surface area (Å²) >= 11 is 5.98. The molecule has 3 saturated heterocycles. The van der Waals surface area contributed by atoms with Crippen LogP contribution in [0.15, 0.2) is 30.9 Å². The van der Waals surface area contributed by atoms with E-state index in [0.29, 0.717) is 27.8 Å². The van der Waals surface area contributed by atoms with Crippen molar-refractivity contribution in [2.75, 3.05) is 55.3 Å². The number of halogens is 1. The van der Waals surface area contributed by atoms with E-state index in [0.717, 1.165) is 57.9 Å². The molecular formula is C22H25ClN8O2. The first kappa shape index (κ1) is 20.6. The van der Waals surface area contributed by atoms with Gasteiger partial charge in [-0.3, -0.25) is 14.7 Å². The van der Waals surface area contributed by atoms with E-state index in [1.807, 2.05) is 6.07 Å². The van der Waals surface area contributed by atoms with Crippen molar-refractivity contribution in [2.45, 2.75) is 18.9 Å². The van der Waals surface area contributed by atoms with Gasteiger partial charge in [0.2, 0.25) is 0 Å². The van der Waals surface area contributed by atoms with Crippen molar-refractivity contribution >= 4 is 40.3 Å². The van der Waals surface area contributed by atoms with Crippen LogP contribution < -0.4 is 16.0 Å². The molecule has 0 unspecified atom stereocenters. The van der Waals surface area contributed by atoms with Crippen LogP contribution in [0.5, 0.6) is 0 Å². The summed E-state index contributed by atoms with van der Waals surface area (Å²) in [6.45, 7) is 6.01. The minimum Gasteiger partial charge on any atom is -0.381 e. The van der Waals surface area contributed by atoms with Crippen LogP contribution in [0, 0.1) is 5.41 Å². The van der Waals surface area contributed by atoms with Gasteiger partial charge < -0.3 is 20.7 Å². The molecule has 10 nitrogen and oxygen atoms in total. The smallest absolute Gasteiger partial charge is 0.263 e. The normalized spacial score (nSPS) is 20.6. The quantitative estimate of drug-likeness (QED) is 0.597. The summed E-state index contributed by atoms with van der Waals surface area (Å²) in [5, 5.41) is 7.53. The lowest BCUT2D eigenvalue weighted by Crippen LogP contribution is -2.68. The van der Waals surface area contributed by atoms with Crippen molar-refractivity contribution in [2.24, 2.45) is 5.41 Å². The van der Waals surface area contributed by atoms with Gasteiger partial charge in [0.25, 0.3) is 5.91 Å². The molecule has 3 aromatic rings. The van der Waals surface area contributed by atoms with Crippen LogP contribution in [0.4, 0.5) is 17.2 Å². The van der Waals surface area contributed by atoms with E-state index >= 15 is 0 Å². The van der Waals surface area contributed by atoms with Crippen LogP contribution in [0.1, 0.15) is 23.2 Å². The Hall–Kier alpha value is -2.95. The zero-order valence-electron chi connectivity index (χ0n) is 18.1. The number of aromatic nitrogens is 4. The van der Waals surface area contributed by atoms with Crippen LogP contribution in [0.2, 0.25) is 5.02 Å². The number of anilines is 3. The lowest BCUT2D eigenvalue weighted by Gasteiger charge is -2.58. The van der Waals surface area contributed by atoms with E-state index in [9.17, 15) is 4.79 Å². The molecule has 3 aromatic heterocycles. The first-order chi connectivity index (χ1) is 16.0. The Bertz CT molecular complexity index is 1210. The van der Waals surface area contributed by atoms with Crippen molar-refractivity contribution in [3.63, 3.8) is 0 Å². The van der Waals surface area contributed by atoms with Gasteiger partial charge in [-0.1, -0.05) is 11.6 Å². The first-order valence-electron chi connectivity index (χ1n) is 11.1. The summed E-state index contributed by atoms with van der Waals surface area (Å²) in [5.41, 5.74) is 8.63. The summed E-state index contributed by atoms with van der Waals surface area (Å²) < 4.78 is 6.81. The molecule has 172 valence electrons. The Morgan fingerprint density at radius 3 is 2.76 bits per heavy atom. The van der Waals surface area contributed by atoms with Crippen LogP contribution in [-0.4, -0.2) is 75.8 Å². The number of carbonyl (C=O) groups is 1. The topological polar surface area (TPSA) is 114 Å². The van der Waals surface area contributed by atoms with E-state index in [2.05, 4.69) is 30.2 Å². The summed E-state index contributed by atoms with van der Waals surface area (Å²) in [4.78, 5) is 26.5. The van der Waals surface area contributed by atoms with Gasteiger partial charge in [0.05, 0.1) is 42.0 Å². The van der Waals surface area contributed by atoms with Gasteiger partial charge >= 0.3 is 0 Å². The maximum atomic E-state index is 13.1. The highest BCUT2D eigenvalue weighted by Crippen LogP contribution is 2.40. The lowest BCUT2D eigenvalue weighted by atomic mass is 9.76. The summed E-state index contributed by atoms with van der Waals surface area (Å²) in [6.07, 6.45) is 8.64. The minimum absolute atomic E-state index is 0.0951. The number of piperidine rings is 1. The predicted octanol–water partition coefficient (Wildman–Crippen LogP) is 1.91. The molecule has 3 N–H and O–H groups in total. The highest BCUT2D eigenvalue weighted by atomic mass is 35.5. The number of ether oxygens (including phenoxy) is 1. The number of fused-ring (bicyclic) bond motifs is 1. The Morgan fingerprint density at radius 1 is 1.24 bits per heavy atom. The summed E-state index contributed by atoms with van der Waals surface area (Å²) in [6, 6.07) is 2.56. The number of rotatable bonds is 4. The molecule has 3 fully saturated rings. The van der Waals surface area contributed by atoms with Gasteiger partial charge in [0.1, 0.15) is 5.56 Å². The Balaban J connectivity index is 1.16. The van der Waals surface area contributed by atoms with Crippen LogP contribution in [0.3, 0.4) is 0 Å². The maximum absolute atomic E-state index is 13.1. The number of likely N-dealkylation sites (tertiary alicyclic amines) is 1. The number of hydrogen-bond donors (Lipinski definition) is 2. The van der Waals surface area contributed by atoms with E-state index in [4.69, 9.17) is 22.1 Å². The highest BCUT2D eigenvalue weighted by molar-refractivity contribution is 6.30. The second-order valence-electron chi connectivity index (χ2n) is 9.26. The first-order valence-corrected chi connectivity index (χ1v) is 11.5. The van der Waals surface area contributed by atoms with E-state index < -0.39 is 0 Å². The summed E-state index contributed by atoms with van der Waals surface area (Å²) in [7, 11) is 0. The monoisotopic (exact) mass is 468 g/mol. The Kier molecular flexibility index (Phi) is 4.89. The molecular weight excluding hydrogens is 444 g/mol.